The van der Waals surface area contributed by atoms with Crippen molar-refractivity contribution in [3.05, 3.63) is 54.7 Å². The van der Waals surface area contributed by atoms with E-state index in [2.05, 4.69) is 15.2 Å². The Bertz CT molecular complexity index is 728. The largest absolute Gasteiger partial charge is 0.454 e. The number of benzene rings is 1. The van der Waals surface area contributed by atoms with Crippen LogP contribution in [0, 0.1) is 5.82 Å². The highest BCUT2D eigenvalue weighted by Gasteiger charge is 2.07. The average Bonchev–Trinajstić information content (AvgIpc) is 2.96. The first kappa shape index (κ1) is 12.2. The van der Waals surface area contributed by atoms with Crippen LogP contribution in [0.1, 0.15) is 0 Å². The average molecular weight is 270 g/mol. The van der Waals surface area contributed by atoms with Crippen molar-refractivity contribution in [2.45, 2.75) is 0 Å². The Morgan fingerprint density at radius 2 is 2.10 bits per heavy atom. The number of aromatic amines is 1. The molecular weight excluding hydrogens is 259 g/mol. The molecule has 1 aromatic carbocycles. The Hall–Kier alpha value is -2.89. The van der Waals surface area contributed by atoms with Gasteiger partial charge in [0.1, 0.15) is 5.75 Å². The molecule has 0 aliphatic carbocycles. The lowest BCUT2D eigenvalue weighted by Crippen LogP contribution is -1.92. The first-order valence-electron chi connectivity index (χ1n) is 5.90. The van der Waals surface area contributed by atoms with Crippen molar-refractivity contribution >= 4 is 5.69 Å². The summed E-state index contributed by atoms with van der Waals surface area (Å²) in [6.45, 7) is 0. The number of nitrogens with zero attached hydrogens (tertiary/aromatic N) is 2. The quantitative estimate of drug-likeness (QED) is 0.717. The van der Waals surface area contributed by atoms with Gasteiger partial charge < -0.3 is 10.5 Å². The maximum absolute atomic E-state index is 13.7. The number of aromatic nitrogens is 3. The highest BCUT2D eigenvalue weighted by molar-refractivity contribution is 5.58. The fourth-order valence-corrected chi connectivity index (χ4v) is 1.75. The third kappa shape index (κ3) is 2.44. The molecule has 0 saturated heterocycles. The van der Waals surface area contributed by atoms with Crippen molar-refractivity contribution in [1.82, 2.24) is 15.2 Å². The molecule has 0 amide bonds. The monoisotopic (exact) mass is 270 g/mol. The molecule has 20 heavy (non-hydrogen) atoms. The molecule has 0 saturated carbocycles. The molecule has 0 atom stereocenters. The summed E-state index contributed by atoms with van der Waals surface area (Å²) in [4.78, 5) is 4.21. The first-order valence-corrected chi connectivity index (χ1v) is 5.90. The minimum absolute atomic E-state index is 0.114. The van der Waals surface area contributed by atoms with E-state index in [0.29, 0.717) is 17.1 Å². The first-order chi connectivity index (χ1) is 9.72. The number of halogens is 1. The van der Waals surface area contributed by atoms with Crippen LogP contribution in [0.25, 0.3) is 11.3 Å². The maximum Gasteiger partial charge on any atom is 0.167 e. The van der Waals surface area contributed by atoms with Crippen LogP contribution in [-0.2, 0) is 0 Å². The van der Waals surface area contributed by atoms with Crippen LogP contribution in [0.5, 0.6) is 11.5 Å². The van der Waals surface area contributed by atoms with E-state index in [1.165, 1.54) is 12.1 Å². The van der Waals surface area contributed by atoms with Gasteiger partial charge in [-0.3, -0.25) is 10.1 Å². The molecule has 3 aromatic rings. The van der Waals surface area contributed by atoms with E-state index >= 15 is 0 Å². The van der Waals surface area contributed by atoms with Gasteiger partial charge in [0.25, 0.3) is 0 Å². The molecule has 2 aromatic heterocycles. The van der Waals surface area contributed by atoms with E-state index < -0.39 is 5.82 Å². The topological polar surface area (TPSA) is 76.8 Å². The van der Waals surface area contributed by atoms with Crippen molar-refractivity contribution in [1.29, 1.82) is 0 Å². The lowest BCUT2D eigenvalue weighted by molar-refractivity contribution is 0.442. The van der Waals surface area contributed by atoms with Gasteiger partial charge in [-0.2, -0.15) is 5.10 Å². The second kappa shape index (κ2) is 5.00. The fourth-order valence-electron chi connectivity index (χ4n) is 1.75. The molecule has 0 aliphatic heterocycles. The van der Waals surface area contributed by atoms with Crippen molar-refractivity contribution in [3.63, 3.8) is 0 Å². The number of H-pyrrole nitrogens is 1. The molecular formula is C14H11FN4O. The Morgan fingerprint density at radius 1 is 1.20 bits per heavy atom. The summed E-state index contributed by atoms with van der Waals surface area (Å²) in [5.74, 6) is 0.0927. The van der Waals surface area contributed by atoms with Crippen LogP contribution < -0.4 is 10.5 Å². The standard InChI is InChI=1S/C14H11FN4O/c15-12-5-10(16)1-2-14(12)20-11-3-4-17-13(6-11)9-7-18-19-8-9/h1-8H,16H2,(H,18,19). The zero-order chi connectivity index (χ0) is 13.9. The number of hydrogen-bond donors (Lipinski definition) is 2. The molecule has 3 N–H and O–H groups in total. The summed E-state index contributed by atoms with van der Waals surface area (Å²) in [7, 11) is 0. The lowest BCUT2D eigenvalue weighted by atomic mass is 10.2. The van der Waals surface area contributed by atoms with E-state index in [1.807, 2.05) is 0 Å². The fraction of sp³-hybridized carbons (Fsp3) is 0. The summed E-state index contributed by atoms with van der Waals surface area (Å²) in [6.07, 6.45) is 4.96. The number of nitrogens with one attached hydrogen (secondary N) is 1. The molecule has 0 unspecified atom stereocenters. The summed E-state index contributed by atoms with van der Waals surface area (Å²) in [6, 6.07) is 7.65. The van der Waals surface area contributed by atoms with E-state index in [0.717, 1.165) is 5.56 Å². The third-order valence-corrected chi connectivity index (χ3v) is 2.71. The number of rotatable bonds is 3. The molecule has 2 heterocycles. The Kier molecular flexibility index (Phi) is 3.04. The second-order valence-corrected chi connectivity index (χ2v) is 4.16. The van der Waals surface area contributed by atoms with Gasteiger partial charge in [-0.15, -0.1) is 0 Å². The van der Waals surface area contributed by atoms with Gasteiger partial charge in [-0.25, -0.2) is 4.39 Å². The van der Waals surface area contributed by atoms with Crippen molar-refractivity contribution in [3.8, 4) is 22.8 Å². The Balaban J connectivity index is 1.89. The molecule has 100 valence electrons. The molecule has 0 bridgehead atoms. The van der Waals surface area contributed by atoms with E-state index in [9.17, 15) is 4.39 Å². The summed E-state index contributed by atoms with van der Waals surface area (Å²) >= 11 is 0. The van der Waals surface area contributed by atoms with E-state index in [-0.39, 0.29) is 5.75 Å². The molecule has 3 rings (SSSR count). The number of hydrogen-bond acceptors (Lipinski definition) is 4. The number of anilines is 1. The highest BCUT2D eigenvalue weighted by atomic mass is 19.1. The number of nitrogen functional groups attached to an aromatic ring is 1. The van der Waals surface area contributed by atoms with Crippen LogP contribution in [0.2, 0.25) is 0 Å². The third-order valence-electron chi connectivity index (χ3n) is 2.71. The molecule has 0 aliphatic rings. The molecule has 0 fully saturated rings. The molecule has 5 nitrogen and oxygen atoms in total. The van der Waals surface area contributed by atoms with E-state index in [1.54, 1.807) is 36.8 Å². The molecule has 0 spiro atoms. The normalized spacial score (nSPS) is 10.4. The molecule has 0 radical (unpaired) electrons. The van der Waals surface area contributed by atoms with Crippen molar-refractivity contribution < 1.29 is 9.13 Å². The van der Waals surface area contributed by atoms with Crippen LogP contribution in [-0.4, -0.2) is 15.2 Å². The Morgan fingerprint density at radius 3 is 2.85 bits per heavy atom. The minimum Gasteiger partial charge on any atom is -0.454 e. The van der Waals surface area contributed by atoms with Crippen molar-refractivity contribution in [2.75, 3.05) is 5.73 Å². The lowest BCUT2D eigenvalue weighted by Gasteiger charge is -2.08. The van der Waals surface area contributed by atoms with Crippen LogP contribution in [0.15, 0.2) is 48.9 Å². The van der Waals surface area contributed by atoms with Gasteiger partial charge in [-0.1, -0.05) is 0 Å². The van der Waals surface area contributed by atoms with Crippen LogP contribution >= 0.6 is 0 Å². The number of pyridine rings is 1. The molecule has 6 heteroatoms. The van der Waals surface area contributed by atoms with Gasteiger partial charge in [0.2, 0.25) is 0 Å². The number of ether oxygens (including phenoxy) is 1. The Labute approximate surface area is 114 Å². The van der Waals surface area contributed by atoms with Crippen LogP contribution in [0.4, 0.5) is 10.1 Å². The SMILES string of the molecule is Nc1ccc(Oc2ccnc(-c3cn[nH]c3)c2)c(F)c1. The van der Waals surface area contributed by atoms with Gasteiger partial charge >= 0.3 is 0 Å². The van der Waals surface area contributed by atoms with Gasteiger partial charge in [0.15, 0.2) is 11.6 Å². The van der Waals surface area contributed by atoms with Gasteiger partial charge in [-0.05, 0) is 18.2 Å². The zero-order valence-corrected chi connectivity index (χ0v) is 10.4. The van der Waals surface area contributed by atoms with Crippen LogP contribution in [0.3, 0.4) is 0 Å². The highest BCUT2D eigenvalue weighted by Crippen LogP contribution is 2.27. The summed E-state index contributed by atoms with van der Waals surface area (Å²) in [5, 5.41) is 6.56. The predicted octanol–water partition coefficient (Wildman–Crippen LogP) is 2.99. The van der Waals surface area contributed by atoms with E-state index in [4.69, 9.17) is 10.5 Å². The van der Waals surface area contributed by atoms with Gasteiger partial charge in [0, 0.05) is 35.8 Å². The maximum atomic E-state index is 13.7. The summed E-state index contributed by atoms with van der Waals surface area (Å²) in [5.41, 5.74) is 7.36. The second-order valence-electron chi connectivity index (χ2n) is 4.16. The van der Waals surface area contributed by atoms with Gasteiger partial charge in [0.05, 0.1) is 11.9 Å². The predicted molar refractivity (Wildman–Crippen MR) is 72.7 cm³/mol. The smallest absolute Gasteiger partial charge is 0.167 e. The summed E-state index contributed by atoms with van der Waals surface area (Å²) < 4.78 is 19.2. The number of nitrogens with two attached hydrogens (primary N) is 1. The minimum atomic E-state index is -0.508. The van der Waals surface area contributed by atoms with Crippen molar-refractivity contribution in [2.24, 2.45) is 0 Å². The zero-order valence-electron chi connectivity index (χ0n) is 10.4.